The molecule has 3 heteroatoms. The van der Waals surface area contributed by atoms with Crippen LogP contribution in [-0.2, 0) is 37.5 Å². The van der Waals surface area contributed by atoms with Crippen molar-refractivity contribution in [1.29, 1.82) is 0 Å². The minimum absolute atomic E-state index is 0. The van der Waals surface area contributed by atoms with Crippen molar-refractivity contribution in [3.8, 4) is 0 Å². The van der Waals surface area contributed by atoms with E-state index in [0.29, 0.717) is 0 Å². The van der Waals surface area contributed by atoms with E-state index in [1.54, 1.807) is 12.4 Å². The van der Waals surface area contributed by atoms with Gasteiger partial charge in [-0.15, -0.1) is 0 Å². The molecule has 0 aliphatic rings. The molecule has 0 atom stereocenters. The van der Waals surface area contributed by atoms with Gasteiger partial charge in [0.2, 0.25) is 0 Å². The number of nitrogens with zero attached hydrogens (tertiary/aromatic N) is 1. The molecule has 1 nitrogen and oxygen atoms in total. The molecule has 0 N–H and O–H groups in total. The molecule has 0 radical (unpaired) electrons. The first-order valence-corrected chi connectivity index (χ1v) is 1.85. The van der Waals surface area contributed by atoms with E-state index in [1.807, 2.05) is 18.2 Å². The van der Waals surface area contributed by atoms with Crippen LogP contribution in [0.5, 0.6) is 0 Å². The molecule has 0 unspecified atom stereocenters. The van der Waals surface area contributed by atoms with Gasteiger partial charge in [-0.2, -0.15) is 0 Å². The summed E-state index contributed by atoms with van der Waals surface area (Å²) in [6.07, 6.45) is 3.50. The van der Waals surface area contributed by atoms with E-state index < -0.39 is 0 Å². The van der Waals surface area contributed by atoms with Gasteiger partial charge in [0.25, 0.3) is 0 Å². The SMILES string of the molecule is [Fe].[Pd].c1ccncc1. The van der Waals surface area contributed by atoms with Crippen LogP contribution in [0.3, 0.4) is 0 Å². The van der Waals surface area contributed by atoms with Gasteiger partial charge in [0, 0.05) is 49.9 Å². The average Bonchev–Trinajstić information content (AvgIpc) is 1.72. The Bertz CT molecular complexity index is 84.4. The number of rotatable bonds is 0. The van der Waals surface area contributed by atoms with E-state index in [1.165, 1.54) is 0 Å². The normalized spacial score (nSPS) is 6.00. The molecule has 48 valence electrons. The number of hydrogen-bond donors (Lipinski definition) is 0. The first kappa shape index (κ1) is 11.2. The maximum Gasteiger partial charge on any atom is 0.0267 e. The van der Waals surface area contributed by atoms with Crippen LogP contribution in [0, 0.1) is 0 Å². The molecule has 0 fully saturated rings. The molecule has 0 saturated carbocycles. The molecule has 0 aliphatic carbocycles. The zero-order chi connectivity index (χ0) is 4.24. The van der Waals surface area contributed by atoms with Crippen LogP contribution in [0.1, 0.15) is 0 Å². The van der Waals surface area contributed by atoms with Gasteiger partial charge in [-0.3, -0.25) is 4.98 Å². The van der Waals surface area contributed by atoms with Gasteiger partial charge < -0.3 is 0 Å². The van der Waals surface area contributed by atoms with E-state index >= 15 is 0 Å². The summed E-state index contributed by atoms with van der Waals surface area (Å²) in [5.41, 5.74) is 0. The number of pyridine rings is 1. The van der Waals surface area contributed by atoms with Crippen LogP contribution in [0.25, 0.3) is 0 Å². The molecule has 0 amide bonds. The van der Waals surface area contributed by atoms with Gasteiger partial charge in [-0.1, -0.05) is 6.07 Å². The maximum absolute atomic E-state index is 3.78. The molecular weight excluding hydrogens is 236 g/mol. The van der Waals surface area contributed by atoms with Crippen LogP contribution < -0.4 is 0 Å². The third-order valence-electron chi connectivity index (χ3n) is 0.566. The quantitative estimate of drug-likeness (QED) is 0.619. The van der Waals surface area contributed by atoms with Gasteiger partial charge in [-0.25, -0.2) is 0 Å². The molecule has 0 aromatic carbocycles. The molecular formula is C5H5FeNPd. The third-order valence-corrected chi connectivity index (χ3v) is 0.566. The van der Waals surface area contributed by atoms with Crippen LogP contribution >= 0.6 is 0 Å². The van der Waals surface area contributed by atoms with Crippen LogP contribution in [0.2, 0.25) is 0 Å². The Morgan fingerprint density at radius 3 is 1.50 bits per heavy atom. The van der Waals surface area contributed by atoms with Crippen LogP contribution in [0.15, 0.2) is 30.6 Å². The van der Waals surface area contributed by atoms with Gasteiger partial charge >= 0.3 is 0 Å². The fraction of sp³-hybridized carbons (Fsp3) is 0. The molecule has 1 aromatic rings. The van der Waals surface area contributed by atoms with Crippen LogP contribution in [0.4, 0.5) is 0 Å². The average molecular weight is 241 g/mol. The molecule has 0 saturated heterocycles. The summed E-state index contributed by atoms with van der Waals surface area (Å²) >= 11 is 0. The Kier molecular flexibility index (Phi) is 10.2. The first-order chi connectivity index (χ1) is 3.00. The van der Waals surface area contributed by atoms with E-state index in [2.05, 4.69) is 4.98 Å². The summed E-state index contributed by atoms with van der Waals surface area (Å²) in [5, 5.41) is 0. The van der Waals surface area contributed by atoms with Gasteiger partial charge in [0.1, 0.15) is 0 Å². The van der Waals surface area contributed by atoms with Crippen molar-refractivity contribution in [2.75, 3.05) is 0 Å². The van der Waals surface area contributed by atoms with E-state index in [4.69, 9.17) is 0 Å². The minimum atomic E-state index is 0. The Balaban J connectivity index is 0. The molecule has 0 bridgehead atoms. The molecule has 1 heterocycles. The Hall–Kier alpha value is 0.332. The summed E-state index contributed by atoms with van der Waals surface area (Å²) < 4.78 is 0. The molecule has 1 aromatic heterocycles. The Morgan fingerprint density at radius 2 is 1.38 bits per heavy atom. The second-order valence-electron chi connectivity index (χ2n) is 1.02. The predicted molar refractivity (Wildman–Crippen MR) is 24.2 cm³/mol. The molecule has 0 aliphatic heterocycles. The van der Waals surface area contributed by atoms with E-state index in [-0.39, 0.29) is 37.5 Å². The van der Waals surface area contributed by atoms with E-state index in [9.17, 15) is 0 Å². The second kappa shape index (κ2) is 7.33. The van der Waals surface area contributed by atoms with Gasteiger partial charge in [-0.05, 0) is 12.1 Å². The van der Waals surface area contributed by atoms with Crippen molar-refractivity contribution in [2.45, 2.75) is 0 Å². The monoisotopic (exact) mass is 241 g/mol. The van der Waals surface area contributed by atoms with Crippen molar-refractivity contribution in [2.24, 2.45) is 0 Å². The molecule has 1 rings (SSSR count). The number of aromatic nitrogens is 1. The standard InChI is InChI=1S/C5H5N.Fe.Pd/c1-2-4-6-5-3-1;;/h1-5H;;. The summed E-state index contributed by atoms with van der Waals surface area (Å²) in [4.78, 5) is 3.78. The summed E-state index contributed by atoms with van der Waals surface area (Å²) in [5.74, 6) is 0. The minimum Gasteiger partial charge on any atom is -0.265 e. The van der Waals surface area contributed by atoms with Crippen molar-refractivity contribution in [3.05, 3.63) is 30.6 Å². The fourth-order valence-corrected chi connectivity index (χ4v) is 0.313. The van der Waals surface area contributed by atoms with Crippen molar-refractivity contribution < 1.29 is 37.5 Å². The Morgan fingerprint density at radius 1 is 0.875 bits per heavy atom. The zero-order valence-corrected chi connectivity index (χ0v) is 6.66. The van der Waals surface area contributed by atoms with Crippen molar-refractivity contribution in [3.63, 3.8) is 0 Å². The maximum atomic E-state index is 3.78. The molecule has 0 spiro atoms. The zero-order valence-electron chi connectivity index (χ0n) is 4.00. The summed E-state index contributed by atoms with van der Waals surface area (Å²) in [6.45, 7) is 0. The smallest absolute Gasteiger partial charge is 0.0267 e. The van der Waals surface area contributed by atoms with E-state index in [0.717, 1.165) is 0 Å². The van der Waals surface area contributed by atoms with Gasteiger partial charge in [0.05, 0.1) is 0 Å². The second-order valence-corrected chi connectivity index (χ2v) is 1.02. The predicted octanol–water partition coefficient (Wildman–Crippen LogP) is 1.08. The van der Waals surface area contributed by atoms with Crippen molar-refractivity contribution in [1.82, 2.24) is 4.98 Å². The number of hydrogen-bond acceptors (Lipinski definition) is 1. The summed E-state index contributed by atoms with van der Waals surface area (Å²) in [7, 11) is 0. The fourth-order valence-electron chi connectivity index (χ4n) is 0.313. The third kappa shape index (κ3) is 4.49. The topological polar surface area (TPSA) is 12.9 Å². The largest absolute Gasteiger partial charge is 0.265 e. The van der Waals surface area contributed by atoms with Crippen LogP contribution in [-0.4, -0.2) is 4.98 Å². The first-order valence-electron chi connectivity index (χ1n) is 1.85. The molecule has 8 heavy (non-hydrogen) atoms. The summed E-state index contributed by atoms with van der Waals surface area (Å²) in [6, 6.07) is 5.72. The van der Waals surface area contributed by atoms with Gasteiger partial charge in [0.15, 0.2) is 0 Å². The van der Waals surface area contributed by atoms with Crippen molar-refractivity contribution >= 4 is 0 Å². The Labute approximate surface area is 73.0 Å².